The number of halogens is 1. The first kappa shape index (κ1) is 12.3. The summed E-state index contributed by atoms with van der Waals surface area (Å²) in [6.45, 7) is 2.22. The van der Waals surface area contributed by atoms with Crippen LogP contribution in [0, 0.1) is 5.82 Å². The molecule has 7 heteroatoms. The van der Waals surface area contributed by atoms with Crippen LogP contribution in [0.5, 0.6) is 6.01 Å². The number of nitrogen functional groups attached to an aromatic ring is 1. The number of rotatable bonds is 3. The number of aromatic nitrogens is 3. The SMILES string of the molecule is CCOc1nc(N)nc(-c2cc3cc(F)ccc3o2)n1. The monoisotopic (exact) mass is 274 g/mol. The highest BCUT2D eigenvalue weighted by Crippen LogP contribution is 2.27. The first-order valence-corrected chi connectivity index (χ1v) is 5.99. The average Bonchev–Trinajstić information content (AvgIpc) is 2.81. The summed E-state index contributed by atoms with van der Waals surface area (Å²) in [6, 6.07) is 6.01. The normalized spacial score (nSPS) is 10.9. The van der Waals surface area contributed by atoms with Crippen molar-refractivity contribution in [1.29, 1.82) is 0 Å². The lowest BCUT2D eigenvalue weighted by atomic mass is 10.2. The molecule has 2 heterocycles. The van der Waals surface area contributed by atoms with E-state index in [-0.39, 0.29) is 23.6 Å². The molecule has 0 saturated carbocycles. The van der Waals surface area contributed by atoms with E-state index in [0.717, 1.165) is 0 Å². The summed E-state index contributed by atoms with van der Waals surface area (Å²) in [4.78, 5) is 11.9. The van der Waals surface area contributed by atoms with Crippen molar-refractivity contribution in [3.8, 4) is 17.6 Å². The van der Waals surface area contributed by atoms with Crippen molar-refractivity contribution in [2.45, 2.75) is 6.92 Å². The molecule has 6 nitrogen and oxygen atoms in total. The van der Waals surface area contributed by atoms with Crippen molar-refractivity contribution < 1.29 is 13.5 Å². The standard InChI is InChI=1S/C13H11FN4O2/c1-2-19-13-17-11(16-12(15)18-13)10-6-7-5-8(14)3-4-9(7)20-10/h3-6H,2H2,1H3,(H2,15,16,17,18). The number of benzene rings is 1. The molecule has 20 heavy (non-hydrogen) atoms. The van der Waals surface area contributed by atoms with Gasteiger partial charge < -0.3 is 14.9 Å². The first-order valence-electron chi connectivity index (χ1n) is 5.99. The fourth-order valence-corrected chi connectivity index (χ4v) is 1.80. The van der Waals surface area contributed by atoms with Gasteiger partial charge in [-0.3, -0.25) is 0 Å². The quantitative estimate of drug-likeness (QED) is 0.789. The summed E-state index contributed by atoms with van der Waals surface area (Å²) in [6.07, 6.45) is 0. The first-order chi connectivity index (χ1) is 9.65. The van der Waals surface area contributed by atoms with E-state index in [2.05, 4.69) is 15.0 Å². The molecule has 2 N–H and O–H groups in total. The van der Waals surface area contributed by atoms with E-state index in [1.165, 1.54) is 12.1 Å². The van der Waals surface area contributed by atoms with Gasteiger partial charge in [0.05, 0.1) is 6.61 Å². The summed E-state index contributed by atoms with van der Waals surface area (Å²) < 4.78 is 23.9. The highest BCUT2D eigenvalue weighted by molar-refractivity contribution is 5.81. The Morgan fingerprint density at radius 3 is 2.90 bits per heavy atom. The van der Waals surface area contributed by atoms with Crippen LogP contribution in [0.3, 0.4) is 0 Å². The lowest BCUT2D eigenvalue weighted by Crippen LogP contribution is -2.04. The molecule has 0 atom stereocenters. The molecule has 0 amide bonds. The average molecular weight is 274 g/mol. The van der Waals surface area contributed by atoms with Gasteiger partial charge in [-0.1, -0.05) is 0 Å². The molecule has 0 aliphatic heterocycles. The molecule has 2 aromatic heterocycles. The topological polar surface area (TPSA) is 87.1 Å². The summed E-state index contributed by atoms with van der Waals surface area (Å²) in [5.41, 5.74) is 6.14. The third-order valence-electron chi connectivity index (χ3n) is 2.60. The van der Waals surface area contributed by atoms with Crippen LogP contribution in [0.15, 0.2) is 28.7 Å². The Morgan fingerprint density at radius 2 is 2.10 bits per heavy atom. The highest BCUT2D eigenvalue weighted by Gasteiger charge is 2.13. The van der Waals surface area contributed by atoms with E-state index < -0.39 is 0 Å². The molecule has 0 aliphatic rings. The fourth-order valence-electron chi connectivity index (χ4n) is 1.80. The molecule has 102 valence electrons. The Bertz CT molecular complexity index is 772. The summed E-state index contributed by atoms with van der Waals surface area (Å²) in [5.74, 6) is 0.318. The van der Waals surface area contributed by atoms with Crippen molar-refractivity contribution in [2.75, 3.05) is 12.3 Å². The predicted molar refractivity (Wildman–Crippen MR) is 70.6 cm³/mol. The Balaban J connectivity index is 2.10. The van der Waals surface area contributed by atoms with Crippen molar-refractivity contribution in [3.05, 3.63) is 30.1 Å². The van der Waals surface area contributed by atoms with Crippen LogP contribution in [0.1, 0.15) is 6.92 Å². The Labute approximate surface area is 113 Å². The van der Waals surface area contributed by atoms with Gasteiger partial charge >= 0.3 is 6.01 Å². The minimum absolute atomic E-state index is 0.0325. The van der Waals surface area contributed by atoms with Gasteiger partial charge in [0.2, 0.25) is 11.8 Å². The van der Waals surface area contributed by atoms with E-state index in [4.69, 9.17) is 14.9 Å². The molecular weight excluding hydrogens is 263 g/mol. The number of nitrogens with two attached hydrogens (primary N) is 1. The van der Waals surface area contributed by atoms with E-state index in [1.54, 1.807) is 12.1 Å². The molecular formula is C13H11FN4O2. The molecule has 0 fully saturated rings. The Hall–Kier alpha value is -2.70. The summed E-state index contributed by atoms with van der Waals surface area (Å²) in [5, 5.41) is 0.622. The van der Waals surface area contributed by atoms with Crippen LogP contribution in [0.4, 0.5) is 10.3 Å². The third-order valence-corrected chi connectivity index (χ3v) is 2.60. The van der Waals surface area contributed by atoms with Crippen LogP contribution in [-0.2, 0) is 0 Å². The lowest BCUT2D eigenvalue weighted by Gasteiger charge is -2.02. The largest absolute Gasteiger partial charge is 0.464 e. The number of hydrogen-bond acceptors (Lipinski definition) is 6. The van der Waals surface area contributed by atoms with Crippen molar-refractivity contribution in [3.63, 3.8) is 0 Å². The smallest absolute Gasteiger partial charge is 0.321 e. The maximum atomic E-state index is 13.2. The van der Waals surface area contributed by atoms with Gasteiger partial charge in [0.1, 0.15) is 11.4 Å². The maximum absolute atomic E-state index is 13.2. The zero-order chi connectivity index (χ0) is 14.1. The van der Waals surface area contributed by atoms with Crippen LogP contribution < -0.4 is 10.5 Å². The van der Waals surface area contributed by atoms with Crippen LogP contribution in [0.25, 0.3) is 22.6 Å². The lowest BCUT2D eigenvalue weighted by molar-refractivity contribution is 0.312. The van der Waals surface area contributed by atoms with Gasteiger partial charge in [-0.15, -0.1) is 0 Å². The van der Waals surface area contributed by atoms with E-state index in [1.807, 2.05) is 6.92 Å². The second-order valence-electron chi connectivity index (χ2n) is 4.03. The van der Waals surface area contributed by atoms with Crippen LogP contribution in [-0.4, -0.2) is 21.6 Å². The fraction of sp³-hybridized carbons (Fsp3) is 0.154. The van der Waals surface area contributed by atoms with Crippen LogP contribution >= 0.6 is 0 Å². The molecule has 0 unspecified atom stereocenters. The Kier molecular flexibility index (Phi) is 2.94. The predicted octanol–water partition coefficient (Wildman–Crippen LogP) is 2.40. The van der Waals surface area contributed by atoms with E-state index in [0.29, 0.717) is 23.3 Å². The zero-order valence-electron chi connectivity index (χ0n) is 10.6. The van der Waals surface area contributed by atoms with Gasteiger partial charge in [-0.2, -0.15) is 15.0 Å². The number of hydrogen-bond donors (Lipinski definition) is 1. The number of anilines is 1. The molecule has 0 bridgehead atoms. The third kappa shape index (κ3) is 2.25. The van der Waals surface area contributed by atoms with Crippen molar-refractivity contribution in [1.82, 2.24) is 15.0 Å². The number of ether oxygens (including phenoxy) is 1. The number of furan rings is 1. The molecule has 3 rings (SSSR count). The number of fused-ring (bicyclic) bond motifs is 1. The molecule has 1 aromatic carbocycles. The molecule has 0 radical (unpaired) electrons. The zero-order valence-corrected chi connectivity index (χ0v) is 10.6. The minimum atomic E-state index is -0.338. The Morgan fingerprint density at radius 1 is 1.25 bits per heavy atom. The molecule has 3 aromatic rings. The highest BCUT2D eigenvalue weighted by atomic mass is 19.1. The van der Waals surface area contributed by atoms with Gasteiger partial charge in [0.25, 0.3) is 0 Å². The van der Waals surface area contributed by atoms with Crippen molar-refractivity contribution in [2.24, 2.45) is 0 Å². The van der Waals surface area contributed by atoms with Gasteiger partial charge in [-0.05, 0) is 31.2 Å². The maximum Gasteiger partial charge on any atom is 0.321 e. The molecule has 0 aliphatic carbocycles. The second-order valence-corrected chi connectivity index (χ2v) is 4.03. The number of nitrogens with zero attached hydrogens (tertiary/aromatic N) is 3. The molecule has 0 saturated heterocycles. The minimum Gasteiger partial charge on any atom is -0.464 e. The summed E-state index contributed by atoms with van der Waals surface area (Å²) in [7, 11) is 0. The van der Waals surface area contributed by atoms with Gasteiger partial charge in [-0.25, -0.2) is 4.39 Å². The van der Waals surface area contributed by atoms with Gasteiger partial charge in [0.15, 0.2) is 5.76 Å². The summed E-state index contributed by atoms with van der Waals surface area (Å²) >= 11 is 0. The molecule has 0 spiro atoms. The second kappa shape index (κ2) is 4.76. The van der Waals surface area contributed by atoms with E-state index >= 15 is 0 Å². The van der Waals surface area contributed by atoms with Crippen molar-refractivity contribution >= 4 is 16.9 Å². The van der Waals surface area contributed by atoms with Gasteiger partial charge in [0, 0.05) is 5.39 Å². The van der Waals surface area contributed by atoms with E-state index in [9.17, 15) is 4.39 Å². The van der Waals surface area contributed by atoms with Crippen LogP contribution in [0.2, 0.25) is 0 Å².